The fourth-order valence-corrected chi connectivity index (χ4v) is 2.75. The Labute approximate surface area is 136 Å². The molecular weight excluding hydrogens is 296 g/mol. The Morgan fingerprint density at radius 3 is 2.43 bits per heavy atom. The van der Waals surface area contributed by atoms with Gasteiger partial charge in [0.15, 0.2) is 0 Å². The van der Waals surface area contributed by atoms with Gasteiger partial charge in [0.1, 0.15) is 5.75 Å². The van der Waals surface area contributed by atoms with E-state index in [1.807, 2.05) is 43.0 Å². The molecule has 0 saturated carbocycles. The number of anilines is 1. The minimum atomic E-state index is -0.740. The van der Waals surface area contributed by atoms with Gasteiger partial charge in [0.25, 0.3) is 0 Å². The summed E-state index contributed by atoms with van der Waals surface area (Å²) >= 11 is 0. The average Bonchev–Trinajstić information content (AvgIpc) is 2.56. The molecule has 1 aromatic rings. The number of aliphatic carboxylic acids is 1. The number of ether oxygens (including phenoxy) is 1. The van der Waals surface area contributed by atoms with Crippen LogP contribution >= 0.6 is 0 Å². The molecule has 0 bridgehead atoms. The second-order valence-electron chi connectivity index (χ2n) is 5.77. The van der Waals surface area contributed by atoms with Crippen LogP contribution in [0.1, 0.15) is 26.7 Å². The smallest absolute Gasteiger partial charge is 0.306 e. The van der Waals surface area contributed by atoms with Gasteiger partial charge < -0.3 is 15.2 Å². The topological polar surface area (TPSA) is 78.9 Å². The van der Waals surface area contributed by atoms with Crippen molar-refractivity contribution in [2.24, 2.45) is 5.92 Å². The van der Waals surface area contributed by atoms with Gasteiger partial charge in [-0.1, -0.05) is 0 Å². The summed E-state index contributed by atoms with van der Waals surface area (Å²) in [7, 11) is 0. The van der Waals surface area contributed by atoms with Gasteiger partial charge >= 0.3 is 5.97 Å². The highest BCUT2D eigenvalue weighted by Crippen LogP contribution is 2.20. The lowest BCUT2D eigenvalue weighted by molar-refractivity contribution is -0.143. The number of likely N-dealkylation sites (tertiary alicyclic amines) is 1. The van der Waals surface area contributed by atoms with Crippen LogP contribution in [-0.2, 0) is 9.59 Å². The van der Waals surface area contributed by atoms with Crippen LogP contribution in [0.25, 0.3) is 0 Å². The molecule has 1 unspecified atom stereocenters. The number of hydrogen-bond acceptors (Lipinski definition) is 4. The normalized spacial score (nSPS) is 17.5. The summed E-state index contributed by atoms with van der Waals surface area (Å²) < 4.78 is 5.37. The van der Waals surface area contributed by atoms with Crippen molar-refractivity contribution in [3.63, 3.8) is 0 Å². The van der Waals surface area contributed by atoms with Gasteiger partial charge in [0.05, 0.1) is 18.6 Å². The predicted octanol–water partition coefficient (Wildman–Crippen LogP) is 2.21. The number of nitrogens with one attached hydrogen (secondary N) is 1. The zero-order valence-electron chi connectivity index (χ0n) is 13.6. The van der Waals surface area contributed by atoms with Gasteiger partial charge in [-0.15, -0.1) is 0 Å². The van der Waals surface area contributed by atoms with E-state index in [9.17, 15) is 9.59 Å². The van der Waals surface area contributed by atoms with Crippen LogP contribution in [0.2, 0.25) is 0 Å². The third-order valence-corrected chi connectivity index (χ3v) is 4.24. The Morgan fingerprint density at radius 2 is 1.91 bits per heavy atom. The Hall–Kier alpha value is -2.08. The lowest BCUT2D eigenvalue weighted by Gasteiger charge is -2.33. The summed E-state index contributed by atoms with van der Waals surface area (Å²) in [5, 5.41) is 11.9. The molecule has 126 valence electrons. The zero-order valence-corrected chi connectivity index (χ0v) is 13.6. The van der Waals surface area contributed by atoms with Gasteiger partial charge in [0, 0.05) is 5.69 Å². The Balaban J connectivity index is 1.86. The van der Waals surface area contributed by atoms with Crippen LogP contribution in [0.15, 0.2) is 24.3 Å². The molecule has 1 amide bonds. The number of amides is 1. The van der Waals surface area contributed by atoms with Crippen molar-refractivity contribution in [1.29, 1.82) is 0 Å². The Morgan fingerprint density at radius 1 is 1.30 bits per heavy atom. The van der Waals surface area contributed by atoms with Crippen LogP contribution in [0.3, 0.4) is 0 Å². The molecule has 1 saturated heterocycles. The van der Waals surface area contributed by atoms with Crippen LogP contribution in [0.5, 0.6) is 5.75 Å². The second-order valence-corrected chi connectivity index (χ2v) is 5.77. The molecule has 1 aliphatic heterocycles. The molecule has 2 N–H and O–H groups in total. The van der Waals surface area contributed by atoms with Gasteiger partial charge in [0.2, 0.25) is 5.91 Å². The maximum Gasteiger partial charge on any atom is 0.306 e. The molecule has 0 spiro atoms. The number of carboxylic acid groups (broad SMARTS) is 1. The molecular formula is C17H24N2O4. The first-order valence-corrected chi connectivity index (χ1v) is 8.01. The summed E-state index contributed by atoms with van der Waals surface area (Å²) in [6.07, 6.45) is 1.19. The molecule has 1 heterocycles. The number of carboxylic acids is 1. The summed E-state index contributed by atoms with van der Waals surface area (Å²) in [5.41, 5.74) is 0.728. The molecule has 1 atom stereocenters. The lowest BCUT2D eigenvalue weighted by Crippen LogP contribution is -2.46. The third-order valence-electron chi connectivity index (χ3n) is 4.24. The number of carbonyl (C=O) groups is 2. The minimum absolute atomic E-state index is 0.0806. The SMILES string of the molecule is CCOc1ccc(NC(=O)C(C)N2CCC(C(=O)O)CC2)cc1. The number of nitrogens with zero attached hydrogens (tertiary/aromatic N) is 1. The second kappa shape index (κ2) is 7.97. The summed E-state index contributed by atoms with van der Waals surface area (Å²) in [6, 6.07) is 6.99. The number of hydrogen-bond donors (Lipinski definition) is 2. The van der Waals surface area contributed by atoms with Crippen molar-refractivity contribution in [3.8, 4) is 5.75 Å². The standard InChI is InChI=1S/C17H24N2O4/c1-3-23-15-6-4-14(5-7-15)18-16(20)12(2)19-10-8-13(9-11-19)17(21)22/h4-7,12-13H,3,8-11H2,1-2H3,(H,18,20)(H,21,22). The highest BCUT2D eigenvalue weighted by molar-refractivity contribution is 5.94. The van der Waals surface area contributed by atoms with Gasteiger partial charge in [-0.25, -0.2) is 0 Å². The van der Waals surface area contributed by atoms with Crippen LogP contribution in [0.4, 0.5) is 5.69 Å². The third kappa shape index (κ3) is 4.69. The monoisotopic (exact) mass is 320 g/mol. The lowest BCUT2D eigenvalue weighted by atomic mass is 9.96. The summed E-state index contributed by atoms with van der Waals surface area (Å²) in [4.78, 5) is 25.3. The van der Waals surface area contributed by atoms with E-state index >= 15 is 0 Å². The number of benzene rings is 1. The molecule has 6 nitrogen and oxygen atoms in total. The van der Waals surface area contributed by atoms with E-state index < -0.39 is 5.97 Å². The highest BCUT2D eigenvalue weighted by atomic mass is 16.5. The van der Waals surface area contributed by atoms with Crippen LogP contribution < -0.4 is 10.1 Å². The quantitative estimate of drug-likeness (QED) is 0.840. The number of piperidine rings is 1. The molecule has 1 aromatic carbocycles. The van der Waals surface area contributed by atoms with Crippen molar-refractivity contribution in [2.75, 3.05) is 25.0 Å². The van der Waals surface area contributed by atoms with Gasteiger partial charge in [-0.05, 0) is 64.0 Å². The average molecular weight is 320 g/mol. The van der Waals surface area contributed by atoms with E-state index in [0.717, 1.165) is 11.4 Å². The van der Waals surface area contributed by atoms with Crippen molar-refractivity contribution in [3.05, 3.63) is 24.3 Å². The van der Waals surface area contributed by atoms with E-state index in [1.165, 1.54) is 0 Å². The first kappa shape index (κ1) is 17.3. The Bertz CT molecular complexity index is 536. The molecule has 1 fully saturated rings. The zero-order chi connectivity index (χ0) is 16.8. The highest BCUT2D eigenvalue weighted by Gasteiger charge is 2.29. The molecule has 0 aliphatic carbocycles. The van der Waals surface area contributed by atoms with Crippen LogP contribution in [0, 0.1) is 5.92 Å². The van der Waals surface area contributed by atoms with E-state index in [1.54, 1.807) is 0 Å². The molecule has 2 rings (SSSR count). The van der Waals surface area contributed by atoms with E-state index in [2.05, 4.69) is 5.32 Å². The van der Waals surface area contributed by atoms with Crippen LogP contribution in [-0.4, -0.2) is 47.6 Å². The molecule has 0 aromatic heterocycles. The number of carbonyl (C=O) groups excluding carboxylic acids is 1. The summed E-state index contributed by atoms with van der Waals surface area (Å²) in [5.74, 6) is -0.332. The largest absolute Gasteiger partial charge is 0.494 e. The van der Waals surface area contributed by atoms with Crippen molar-refractivity contribution < 1.29 is 19.4 Å². The van der Waals surface area contributed by atoms with Crippen molar-refractivity contribution in [2.45, 2.75) is 32.7 Å². The van der Waals surface area contributed by atoms with Gasteiger partial charge in [-0.3, -0.25) is 14.5 Å². The molecule has 1 aliphatic rings. The fraction of sp³-hybridized carbons (Fsp3) is 0.529. The maximum atomic E-state index is 12.3. The molecule has 0 radical (unpaired) electrons. The van der Waals surface area contributed by atoms with E-state index in [-0.39, 0.29) is 17.9 Å². The number of rotatable bonds is 6. The van der Waals surface area contributed by atoms with E-state index in [4.69, 9.17) is 9.84 Å². The molecule has 23 heavy (non-hydrogen) atoms. The molecule has 6 heteroatoms. The fourth-order valence-electron chi connectivity index (χ4n) is 2.75. The minimum Gasteiger partial charge on any atom is -0.494 e. The Kier molecular flexibility index (Phi) is 5.98. The van der Waals surface area contributed by atoms with Gasteiger partial charge in [-0.2, -0.15) is 0 Å². The first-order chi connectivity index (χ1) is 11.0. The van der Waals surface area contributed by atoms with Crippen molar-refractivity contribution in [1.82, 2.24) is 4.90 Å². The van der Waals surface area contributed by atoms with E-state index in [0.29, 0.717) is 32.5 Å². The predicted molar refractivity (Wildman–Crippen MR) is 87.6 cm³/mol. The maximum absolute atomic E-state index is 12.3. The van der Waals surface area contributed by atoms with Crippen molar-refractivity contribution >= 4 is 17.6 Å². The summed E-state index contributed by atoms with van der Waals surface area (Å²) in [6.45, 7) is 5.65. The first-order valence-electron chi connectivity index (χ1n) is 8.01.